The molecular weight excluding hydrogens is 347 g/mol. The van der Waals surface area contributed by atoms with Crippen LogP contribution in [0.5, 0.6) is 0 Å². The molecule has 1 heterocycles. The first kappa shape index (κ1) is 17.0. The number of sulfonamides is 1. The van der Waals surface area contributed by atoms with Crippen LogP contribution in [0.25, 0.3) is 0 Å². The number of carboxylic acid groups (broad SMARTS) is 1. The van der Waals surface area contributed by atoms with E-state index in [4.69, 9.17) is 16.7 Å². The molecule has 0 radical (unpaired) electrons. The number of hydrogen-bond acceptors (Lipinski definition) is 3. The van der Waals surface area contributed by atoms with E-state index in [-0.39, 0.29) is 24.4 Å². The van der Waals surface area contributed by atoms with Gasteiger partial charge in [-0.2, -0.15) is 17.5 Å². The van der Waals surface area contributed by atoms with Crippen LogP contribution in [0.2, 0.25) is 5.02 Å². The Labute approximate surface area is 129 Å². The highest BCUT2D eigenvalue weighted by atomic mass is 35.5. The summed E-state index contributed by atoms with van der Waals surface area (Å²) >= 11 is 5.61. The molecule has 1 aromatic carbocycles. The van der Waals surface area contributed by atoms with Crippen LogP contribution in [0, 0.1) is 0 Å². The number of halogens is 4. The van der Waals surface area contributed by atoms with Gasteiger partial charge in [0.2, 0.25) is 10.0 Å². The molecule has 1 saturated heterocycles. The number of hydrogen-bond donors (Lipinski definition) is 1. The average Bonchev–Trinajstić information content (AvgIpc) is 2.87. The molecule has 10 heteroatoms. The summed E-state index contributed by atoms with van der Waals surface area (Å²) in [5.41, 5.74) is -1.37. The molecule has 1 unspecified atom stereocenters. The number of carboxylic acids is 1. The lowest BCUT2D eigenvalue weighted by Gasteiger charge is -2.23. The third-order valence-corrected chi connectivity index (χ3v) is 5.51. The summed E-state index contributed by atoms with van der Waals surface area (Å²) in [5, 5.41) is 8.84. The highest BCUT2D eigenvalue weighted by Gasteiger charge is 2.44. The maximum Gasteiger partial charge on any atom is 0.417 e. The molecule has 1 aliphatic rings. The minimum Gasteiger partial charge on any atom is -0.480 e. The molecule has 1 aromatic rings. The summed E-state index contributed by atoms with van der Waals surface area (Å²) in [7, 11) is -4.62. The van der Waals surface area contributed by atoms with E-state index in [1.807, 2.05) is 0 Å². The van der Waals surface area contributed by atoms with Gasteiger partial charge in [0.1, 0.15) is 6.04 Å². The van der Waals surface area contributed by atoms with Gasteiger partial charge in [0.05, 0.1) is 10.5 Å². The van der Waals surface area contributed by atoms with E-state index in [1.54, 1.807) is 0 Å². The first-order chi connectivity index (χ1) is 10.0. The fourth-order valence-electron chi connectivity index (χ4n) is 2.34. The molecule has 0 saturated carbocycles. The van der Waals surface area contributed by atoms with Crippen LogP contribution in [0.15, 0.2) is 23.1 Å². The first-order valence-corrected chi connectivity index (χ1v) is 7.98. The molecule has 0 aromatic heterocycles. The molecule has 122 valence electrons. The molecule has 1 atom stereocenters. The zero-order valence-electron chi connectivity index (χ0n) is 11.0. The van der Waals surface area contributed by atoms with Crippen molar-refractivity contribution in [3.63, 3.8) is 0 Å². The second kappa shape index (κ2) is 5.71. The Morgan fingerprint density at radius 2 is 2.00 bits per heavy atom. The molecule has 0 aliphatic carbocycles. The smallest absolute Gasteiger partial charge is 0.417 e. The van der Waals surface area contributed by atoms with Crippen molar-refractivity contribution in [1.82, 2.24) is 4.31 Å². The second-order valence-corrected chi connectivity index (χ2v) is 7.05. The van der Waals surface area contributed by atoms with Crippen LogP contribution in [0.1, 0.15) is 18.4 Å². The van der Waals surface area contributed by atoms with Crippen molar-refractivity contribution in [3.05, 3.63) is 28.8 Å². The van der Waals surface area contributed by atoms with Gasteiger partial charge in [-0.1, -0.05) is 11.6 Å². The third-order valence-electron chi connectivity index (χ3n) is 3.32. The van der Waals surface area contributed by atoms with Crippen molar-refractivity contribution < 1.29 is 31.5 Å². The standard InChI is InChI=1S/C12H11ClF3NO4S/c13-7-3-4-8(12(14,15)16)10(6-7)22(20,21)17-5-1-2-9(17)11(18)19/h3-4,6,9H,1-2,5H2,(H,18,19). The quantitative estimate of drug-likeness (QED) is 0.902. The van der Waals surface area contributed by atoms with E-state index in [2.05, 4.69) is 0 Å². The Morgan fingerprint density at radius 3 is 2.55 bits per heavy atom. The maximum atomic E-state index is 13.0. The number of rotatable bonds is 3. The van der Waals surface area contributed by atoms with Gasteiger partial charge in [0.25, 0.3) is 0 Å². The van der Waals surface area contributed by atoms with Crippen LogP contribution in [-0.4, -0.2) is 36.4 Å². The number of aliphatic carboxylic acids is 1. The Morgan fingerprint density at radius 1 is 1.36 bits per heavy atom. The summed E-state index contributed by atoms with van der Waals surface area (Å²) in [6, 6.07) is 0.824. The van der Waals surface area contributed by atoms with Crippen LogP contribution in [0.4, 0.5) is 13.2 Å². The van der Waals surface area contributed by atoms with E-state index >= 15 is 0 Å². The highest BCUT2D eigenvalue weighted by molar-refractivity contribution is 7.89. The average molecular weight is 358 g/mol. The normalized spacial score (nSPS) is 20.3. The van der Waals surface area contributed by atoms with Crippen LogP contribution >= 0.6 is 11.6 Å². The first-order valence-electron chi connectivity index (χ1n) is 6.16. The number of nitrogens with zero attached hydrogens (tertiary/aromatic N) is 1. The molecule has 1 fully saturated rings. The minimum atomic E-state index is -4.90. The molecule has 0 amide bonds. The summed E-state index contributed by atoms with van der Waals surface area (Å²) in [4.78, 5) is 10.1. The zero-order valence-corrected chi connectivity index (χ0v) is 12.5. The lowest BCUT2D eigenvalue weighted by atomic mass is 10.2. The monoisotopic (exact) mass is 357 g/mol. The molecule has 1 aliphatic heterocycles. The zero-order chi connectivity index (χ0) is 16.7. The van der Waals surface area contributed by atoms with Gasteiger partial charge in [0, 0.05) is 11.6 Å². The van der Waals surface area contributed by atoms with Crippen molar-refractivity contribution in [2.45, 2.75) is 30.0 Å². The molecular formula is C12H11ClF3NO4S. The van der Waals surface area contributed by atoms with E-state index in [1.165, 1.54) is 0 Å². The van der Waals surface area contributed by atoms with E-state index in [0.717, 1.165) is 6.07 Å². The van der Waals surface area contributed by atoms with Crippen molar-refractivity contribution in [2.24, 2.45) is 0 Å². The van der Waals surface area contributed by atoms with Crippen LogP contribution in [0.3, 0.4) is 0 Å². The third kappa shape index (κ3) is 3.06. The molecule has 0 bridgehead atoms. The lowest BCUT2D eigenvalue weighted by molar-refractivity contribution is -0.140. The van der Waals surface area contributed by atoms with Gasteiger partial charge in [-0.05, 0) is 31.0 Å². The van der Waals surface area contributed by atoms with Gasteiger partial charge in [-0.3, -0.25) is 4.79 Å². The summed E-state index contributed by atoms with van der Waals surface area (Å²) in [6.45, 7) is -0.150. The maximum absolute atomic E-state index is 13.0. The number of benzene rings is 1. The number of alkyl halides is 3. The van der Waals surface area contributed by atoms with Crippen molar-refractivity contribution in [3.8, 4) is 0 Å². The van der Waals surface area contributed by atoms with E-state index in [9.17, 15) is 26.4 Å². The highest BCUT2D eigenvalue weighted by Crippen LogP contribution is 2.38. The molecule has 0 spiro atoms. The Hall–Kier alpha value is -1.32. The van der Waals surface area contributed by atoms with Crippen molar-refractivity contribution in [1.29, 1.82) is 0 Å². The van der Waals surface area contributed by atoms with Gasteiger partial charge in [-0.15, -0.1) is 0 Å². The van der Waals surface area contributed by atoms with Crippen LogP contribution in [-0.2, 0) is 21.0 Å². The molecule has 2 rings (SSSR count). The summed E-state index contributed by atoms with van der Waals surface area (Å²) in [5.74, 6) is -1.39. The largest absolute Gasteiger partial charge is 0.480 e. The van der Waals surface area contributed by atoms with Crippen molar-refractivity contribution in [2.75, 3.05) is 6.54 Å². The Bertz CT molecular complexity index is 705. The second-order valence-electron chi connectivity index (χ2n) is 4.75. The predicted molar refractivity (Wildman–Crippen MR) is 71.0 cm³/mol. The van der Waals surface area contributed by atoms with Crippen molar-refractivity contribution >= 4 is 27.6 Å². The molecule has 22 heavy (non-hydrogen) atoms. The fraction of sp³-hybridized carbons (Fsp3) is 0.417. The summed E-state index contributed by atoms with van der Waals surface area (Å²) < 4.78 is 64.6. The molecule has 1 N–H and O–H groups in total. The van der Waals surface area contributed by atoms with Gasteiger partial charge in [0.15, 0.2) is 0 Å². The topological polar surface area (TPSA) is 74.7 Å². The van der Waals surface area contributed by atoms with Gasteiger partial charge in [-0.25, -0.2) is 8.42 Å². The minimum absolute atomic E-state index is 0.0521. The van der Waals surface area contributed by atoms with Gasteiger partial charge >= 0.3 is 12.1 Å². The fourth-order valence-corrected chi connectivity index (χ4v) is 4.47. The summed E-state index contributed by atoms with van der Waals surface area (Å²) in [6.07, 6.45) is -4.58. The van der Waals surface area contributed by atoms with Gasteiger partial charge < -0.3 is 5.11 Å². The van der Waals surface area contributed by atoms with E-state index in [0.29, 0.717) is 16.4 Å². The molecule has 5 nitrogen and oxygen atoms in total. The van der Waals surface area contributed by atoms with E-state index < -0.39 is 38.7 Å². The number of carbonyl (C=O) groups is 1. The lowest BCUT2D eigenvalue weighted by Crippen LogP contribution is -2.41. The Kier molecular flexibility index (Phi) is 4.42. The SMILES string of the molecule is O=C(O)C1CCCN1S(=O)(=O)c1cc(Cl)ccc1C(F)(F)F. The van der Waals surface area contributed by atoms with Crippen LogP contribution < -0.4 is 0 Å². The predicted octanol–water partition coefficient (Wildman–Crippen LogP) is 2.60. The Balaban J connectivity index is 2.59.